The molecule has 14 heavy (non-hydrogen) atoms. The number of fused-ring (bicyclic) bond motifs is 1. The summed E-state index contributed by atoms with van der Waals surface area (Å²) in [5.41, 5.74) is 0. The third-order valence-electron chi connectivity index (χ3n) is 4.36. The van der Waals surface area contributed by atoms with Crippen LogP contribution in [0.3, 0.4) is 0 Å². The quantitative estimate of drug-likeness (QED) is 0.585. The fourth-order valence-electron chi connectivity index (χ4n) is 3.82. The van der Waals surface area contributed by atoms with Gasteiger partial charge in [0.05, 0.1) is 12.5 Å². The van der Waals surface area contributed by atoms with Gasteiger partial charge >= 0.3 is 5.97 Å². The van der Waals surface area contributed by atoms with E-state index in [-0.39, 0.29) is 12.1 Å². The van der Waals surface area contributed by atoms with Crippen molar-refractivity contribution >= 4 is 5.97 Å². The molecule has 0 N–H and O–H groups in total. The molecule has 3 aliphatic heterocycles. The second-order valence-corrected chi connectivity index (χ2v) is 4.90. The zero-order valence-corrected chi connectivity index (χ0v) is 8.77. The van der Waals surface area contributed by atoms with Crippen LogP contribution in [0.5, 0.6) is 0 Å². The second-order valence-electron chi connectivity index (χ2n) is 4.90. The van der Waals surface area contributed by atoms with Crippen molar-refractivity contribution in [1.82, 2.24) is 4.90 Å². The molecule has 2 bridgehead atoms. The Kier molecular flexibility index (Phi) is 1.69. The van der Waals surface area contributed by atoms with Crippen LogP contribution in [0.4, 0.5) is 0 Å². The summed E-state index contributed by atoms with van der Waals surface area (Å²) < 4.78 is 5.47. The first kappa shape index (κ1) is 8.72. The molecule has 0 aromatic rings. The predicted molar refractivity (Wildman–Crippen MR) is 51.7 cm³/mol. The van der Waals surface area contributed by atoms with Gasteiger partial charge in [-0.1, -0.05) is 13.8 Å². The highest BCUT2D eigenvalue weighted by atomic mass is 16.5. The molecule has 0 aromatic heterocycles. The number of hydrogen-bond acceptors (Lipinski definition) is 3. The molecule has 0 spiro atoms. The minimum absolute atomic E-state index is 0.0273. The topological polar surface area (TPSA) is 29.5 Å². The van der Waals surface area contributed by atoms with Gasteiger partial charge in [-0.25, -0.2) is 0 Å². The summed E-state index contributed by atoms with van der Waals surface area (Å²) in [6, 6.07) is 1.21. The first-order chi connectivity index (χ1) is 6.72. The normalized spacial score (nSPS) is 51.0. The highest BCUT2D eigenvalue weighted by molar-refractivity contribution is 5.71. The molecule has 0 aromatic carbocycles. The Morgan fingerprint density at radius 2 is 2.36 bits per heavy atom. The monoisotopic (exact) mass is 195 g/mol. The Balaban J connectivity index is 1.93. The van der Waals surface area contributed by atoms with Crippen LogP contribution in [-0.2, 0) is 9.53 Å². The van der Waals surface area contributed by atoms with Gasteiger partial charge in [-0.15, -0.1) is 0 Å². The number of nitrogens with zero attached hydrogens (tertiary/aromatic N) is 1. The lowest BCUT2D eigenvalue weighted by Crippen LogP contribution is -2.46. The van der Waals surface area contributed by atoms with Crippen molar-refractivity contribution < 1.29 is 9.53 Å². The van der Waals surface area contributed by atoms with Crippen LogP contribution in [0.25, 0.3) is 0 Å². The average Bonchev–Trinajstić information content (AvgIpc) is 2.62. The first-order valence-corrected chi connectivity index (χ1v) is 5.67. The van der Waals surface area contributed by atoms with E-state index in [0.717, 1.165) is 6.54 Å². The van der Waals surface area contributed by atoms with E-state index in [1.807, 2.05) is 0 Å². The highest BCUT2D eigenvalue weighted by Gasteiger charge is 2.59. The van der Waals surface area contributed by atoms with Gasteiger partial charge in [0.15, 0.2) is 0 Å². The van der Waals surface area contributed by atoms with Gasteiger partial charge in [-0.3, -0.25) is 9.69 Å². The van der Waals surface area contributed by atoms with Crippen molar-refractivity contribution in [1.29, 1.82) is 0 Å². The number of esters is 1. The van der Waals surface area contributed by atoms with Gasteiger partial charge in [0.25, 0.3) is 0 Å². The molecule has 0 aliphatic carbocycles. The van der Waals surface area contributed by atoms with Crippen LogP contribution in [0, 0.1) is 11.8 Å². The summed E-state index contributed by atoms with van der Waals surface area (Å²) >= 11 is 0. The predicted octanol–water partition coefficient (Wildman–Crippen LogP) is 1.03. The summed E-state index contributed by atoms with van der Waals surface area (Å²) in [4.78, 5) is 13.9. The molecular weight excluding hydrogens is 178 g/mol. The maximum atomic E-state index is 11.3. The molecule has 5 unspecified atom stereocenters. The number of ether oxygens (including phenoxy) is 1. The Labute approximate surface area is 84.4 Å². The fraction of sp³-hybridized carbons (Fsp3) is 0.909. The zero-order chi connectivity index (χ0) is 9.87. The maximum Gasteiger partial charge on any atom is 0.306 e. The van der Waals surface area contributed by atoms with Gasteiger partial charge in [0, 0.05) is 12.0 Å². The third kappa shape index (κ3) is 0.888. The number of carbonyl (C=O) groups excluding carboxylic acids is 1. The van der Waals surface area contributed by atoms with Crippen molar-refractivity contribution in [3.05, 3.63) is 0 Å². The summed E-state index contributed by atoms with van der Waals surface area (Å²) in [7, 11) is 0. The van der Waals surface area contributed by atoms with E-state index in [1.54, 1.807) is 0 Å². The first-order valence-electron chi connectivity index (χ1n) is 5.67. The van der Waals surface area contributed by atoms with E-state index in [2.05, 4.69) is 18.7 Å². The summed E-state index contributed by atoms with van der Waals surface area (Å²) in [5.74, 6) is 1.15. The lowest BCUT2D eigenvalue weighted by atomic mass is 9.77. The van der Waals surface area contributed by atoms with Crippen molar-refractivity contribution in [3.8, 4) is 0 Å². The SMILES string of the molecule is CCN1C2CC3CC(=O)OC(C2C)C31. The van der Waals surface area contributed by atoms with Gasteiger partial charge in [-0.05, 0) is 18.9 Å². The highest BCUT2D eigenvalue weighted by Crippen LogP contribution is 2.49. The zero-order valence-electron chi connectivity index (χ0n) is 8.77. The van der Waals surface area contributed by atoms with E-state index in [1.165, 1.54) is 6.42 Å². The summed E-state index contributed by atoms with van der Waals surface area (Å²) in [5, 5.41) is 0. The van der Waals surface area contributed by atoms with Crippen molar-refractivity contribution in [2.75, 3.05) is 6.54 Å². The van der Waals surface area contributed by atoms with Crippen molar-refractivity contribution in [3.63, 3.8) is 0 Å². The molecule has 3 heteroatoms. The van der Waals surface area contributed by atoms with Crippen molar-refractivity contribution in [2.24, 2.45) is 11.8 Å². The van der Waals surface area contributed by atoms with Gasteiger partial charge in [0.2, 0.25) is 0 Å². The van der Waals surface area contributed by atoms with Crippen LogP contribution in [0.1, 0.15) is 26.7 Å². The Hall–Kier alpha value is -0.570. The molecule has 5 atom stereocenters. The minimum atomic E-state index is 0.0273. The van der Waals surface area contributed by atoms with Crippen LogP contribution < -0.4 is 0 Å². The van der Waals surface area contributed by atoms with Gasteiger partial charge in [-0.2, -0.15) is 0 Å². The average molecular weight is 195 g/mol. The van der Waals surface area contributed by atoms with E-state index >= 15 is 0 Å². The molecule has 3 nitrogen and oxygen atoms in total. The van der Waals surface area contributed by atoms with Crippen molar-refractivity contribution in [2.45, 2.75) is 44.9 Å². The minimum Gasteiger partial charge on any atom is -0.460 e. The van der Waals surface area contributed by atoms with Gasteiger partial charge in [0.1, 0.15) is 6.10 Å². The number of rotatable bonds is 1. The van der Waals surface area contributed by atoms with E-state index < -0.39 is 0 Å². The summed E-state index contributed by atoms with van der Waals surface area (Å²) in [6.07, 6.45) is 2.06. The number of carbonyl (C=O) groups is 1. The second kappa shape index (κ2) is 2.72. The summed E-state index contributed by atoms with van der Waals surface area (Å²) in [6.45, 7) is 5.54. The molecule has 3 aliphatic rings. The Morgan fingerprint density at radius 1 is 1.57 bits per heavy atom. The molecule has 0 saturated carbocycles. The van der Waals surface area contributed by atoms with E-state index in [9.17, 15) is 4.79 Å². The maximum absolute atomic E-state index is 11.3. The lowest BCUT2D eigenvalue weighted by Gasteiger charge is -2.36. The van der Waals surface area contributed by atoms with E-state index in [0.29, 0.717) is 30.3 Å². The molecule has 3 saturated heterocycles. The molecule has 0 amide bonds. The standard InChI is InChI=1S/C11H17NO2/c1-3-12-8-4-7-5-9(13)14-11(6(8)2)10(7)12/h6-8,10-11H,3-5H2,1-2H3. The molecule has 78 valence electrons. The molecule has 3 fully saturated rings. The van der Waals surface area contributed by atoms with Crippen LogP contribution >= 0.6 is 0 Å². The third-order valence-corrected chi connectivity index (χ3v) is 4.36. The molecule has 0 radical (unpaired) electrons. The lowest BCUT2D eigenvalue weighted by molar-refractivity contribution is -0.162. The largest absolute Gasteiger partial charge is 0.460 e. The number of hydrogen-bond donors (Lipinski definition) is 0. The molecule has 3 heterocycles. The van der Waals surface area contributed by atoms with E-state index in [4.69, 9.17) is 4.74 Å². The van der Waals surface area contributed by atoms with Gasteiger partial charge < -0.3 is 4.74 Å². The molecule has 3 rings (SSSR count). The van der Waals surface area contributed by atoms with Crippen LogP contribution in [0.15, 0.2) is 0 Å². The van der Waals surface area contributed by atoms with Crippen LogP contribution in [0.2, 0.25) is 0 Å². The Morgan fingerprint density at radius 3 is 3.00 bits per heavy atom. The van der Waals surface area contributed by atoms with Crippen LogP contribution in [-0.4, -0.2) is 35.6 Å². The smallest absolute Gasteiger partial charge is 0.306 e. The fourth-order valence-corrected chi connectivity index (χ4v) is 3.82. The Bertz CT molecular complexity index is 278. The molecular formula is C11H17NO2. The number of likely N-dealkylation sites (N-methyl/N-ethyl adjacent to an activating group) is 1.